The fraction of sp³-hybridized carbons (Fsp3) is 0.318. The summed E-state index contributed by atoms with van der Waals surface area (Å²) in [5.41, 5.74) is 8.33. The average molecular weight is 452 g/mol. The van der Waals surface area contributed by atoms with Crippen molar-refractivity contribution in [3.63, 3.8) is 0 Å². The number of anilines is 3. The van der Waals surface area contributed by atoms with E-state index < -0.39 is 6.17 Å². The summed E-state index contributed by atoms with van der Waals surface area (Å²) in [7, 11) is 0. The Morgan fingerprint density at radius 1 is 1.38 bits per heavy atom. The van der Waals surface area contributed by atoms with Crippen molar-refractivity contribution in [2.24, 2.45) is 0 Å². The van der Waals surface area contributed by atoms with Gasteiger partial charge in [-0.3, -0.25) is 4.79 Å². The van der Waals surface area contributed by atoms with Gasteiger partial charge in [0.25, 0.3) is 5.91 Å². The fourth-order valence-electron chi connectivity index (χ4n) is 3.46. The van der Waals surface area contributed by atoms with Crippen LogP contribution in [0.15, 0.2) is 30.6 Å². The van der Waals surface area contributed by atoms with Gasteiger partial charge in [-0.2, -0.15) is 5.26 Å². The molecule has 0 saturated carbocycles. The Hall–Kier alpha value is -3.58. The maximum absolute atomic E-state index is 13.3. The maximum Gasteiger partial charge on any atom is 0.270 e. The second kappa shape index (κ2) is 9.28. The number of thiazole rings is 1. The molecule has 1 amide bonds. The van der Waals surface area contributed by atoms with Crippen LogP contribution in [0.3, 0.4) is 0 Å². The predicted molar refractivity (Wildman–Crippen MR) is 122 cm³/mol. The number of nitrogens with one attached hydrogen (secondary N) is 1. The zero-order chi connectivity index (χ0) is 22.7. The first-order valence-electron chi connectivity index (χ1n) is 10.3. The second-order valence-corrected chi connectivity index (χ2v) is 8.36. The number of aromatic nitrogens is 3. The van der Waals surface area contributed by atoms with Crippen LogP contribution in [0.1, 0.15) is 40.7 Å². The van der Waals surface area contributed by atoms with Gasteiger partial charge < -0.3 is 16.0 Å². The summed E-state index contributed by atoms with van der Waals surface area (Å²) >= 11 is 1.25. The van der Waals surface area contributed by atoms with Gasteiger partial charge in [-0.25, -0.2) is 19.3 Å². The van der Waals surface area contributed by atoms with E-state index in [1.807, 2.05) is 6.92 Å². The molecule has 4 rings (SSSR count). The van der Waals surface area contributed by atoms with Gasteiger partial charge in [0.05, 0.1) is 35.0 Å². The van der Waals surface area contributed by atoms with E-state index in [2.05, 4.69) is 26.3 Å². The van der Waals surface area contributed by atoms with Gasteiger partial charge in [-0.05, 0) is 25.0 Å². The molecule has 3 heterocycles. The molecule has 164 valence electrons. The third kappa shape index (κ3) is 4.24. The van der Waals surface area contributed by atoms with Gasteiger partial charge in [0, 0.05) is 19.5 Å². The average Bonchev–Trinajstić information content (AvgIpc) is 3.25. The van der Waals surface area contributed by atoms with E-state index in [-0.39, 0.29) is 5.91 Å². The number of benzene rings is 1. The number of nitrogens with zero attached hydrogens (tertiary/aromatic N) is 5. The van der Waals surface area contributed by atoms with Crippen molar-refractivity contribution in [3.8, 4) is 16.8 Å². The third-order valence-corrected chi connectivity index (χ3v) is 6.37. The molecule has 1 aromatic carbocycles. The predicted octanol–water partition coefficient (Wildman–Crippen LogP) is 3.81. The summed E-state index contributed by atoms with van der Waals surface area (Å²) in [6.07, 6.45) is 3.81. The number of rotatable bonds is 7. The minimum absolute atomic E-state index is 0.208. The number of carbonyl (C=O) groups excluding carboxylic acids is 1. The van der Waals surface area contributed by atoms with E-state index in [9.17, 15) is 14.4 Å². The number of halogens is 1. The van der Waals surface area contributed by atoms with E-state index >= 15 is 0 Å². The summed E-state index contributed by atoms with van der Waals surface area (Å²) in [5.74, 6) is 0.353. The lowest BCUT2D eigenvalue weighted by molar-refractivity contribution is 0.0984. The lowest BCUT2D eigenvalue weighted by Gasteiger charge is -2.27. The Morgan fingerprint density at radius 2 is 2.22 bits per heavy atom. The lowest BCUT2D eigenvalue weighted by Crippen LogP contribution is -2.37. The first-order valence-corrected chi connectivity index (χ1v) is 11.1. The van der Waals surface area contributed by atoms with Gasteiger partial charge in [0.15, 0.2) is 0 Å². The molecule has 3 aromatic rings. The fourth-order valence-corrected chi connectivity index (χ4v) is 4.49. The number of nitrogens with two attached hydrogens (primary N) is 1. The number of hydrogen-bond acceptors (Lipinski definition) is 8. The van der Waals surface area contributed by atoms with E-state index in [0.717, 1.165) is 0 Å². The topological polar surface area (TPSA) is 121 Å². The normalized spacial score (nSPS) is 14.0. The Balaban J connectivity index is 1.52. The highest BCUT2D eigenvalue weighted by Gasteiger charge is 2.31. The summed E-state index contributed by atoms with van der Waals surface area (Å²) in [6, 6.07) is 7.19. The molecule has 1 unspecified atom stereocenters. The lowest BCUT2D eigenvalue weighted by atomic mass is 10.1. The number of nitrogen functional groups attached to an aromatic ring is 1. The van der Waals surface area contributed by atoms with Gasteiger partial charge in [-0.15, -0.1) is 11.3 Å². The SMILES string of the molecule is CCC(F)CCNc1cnc(-c2nc3c(s2)C(=O)N(c2cccc(N)c2C#N)CC3)cn1. The largest absolute Gasteiger partial charge is 0.398 e. The molecule has 3 N–H and O–H groups in total. The minimum Gasteiger partial charge on any atom is -0.398 e. The molecule has 1 aliphatic heterocycles. The van der Waals surface area contributed by atoms with Crippen molar-refractivity contribution in [1.82, 2.24) is 15.0 Å². The first kappa shape index (κ1) is 21.6. The quantitative estimate of drug-likeness (QED) is 0.524. The van der Waals surface area contributed by atoms with Crippen molar-refractivity contribution in [2.45, 2.75) is 32.4 Å². The molecule has 0 bridgehead atoms. The Morgan fingerprint density at radius 3 is 2.94 bits per heavy atom. The molecule has 1 atom stereocenters. The smallest absolute Gasteiger partial charge is 0.270 e. The number of hydrogen-bond donors (Lipinski definition) is 2. The summed E-state index contributed by atoms with van der Waals surface area (Å²) in [5, 5.41) is 13.1. The summed E-state index contributed by atoms with van der Waals surface area (Å²) < 4.78 is 13.3. The highest BCUT2D eigenvalue weighted by Crippen LogP contribution is 2.34. The molecule has 10 heteroatoms. The van der Waals surface area contributed by atoms with Crippen LogP contribution >= 0.6 is 11.3 Å². The summed E-state index contributed by atoms with van der Waals surface area (Å²) in [6.45, 7) is 2.71. The van der Waals surface area contributed by atoms with Crippen molar-refractivity contribution < 1.29 is 9.18 Å². The molecule has 1 aliphatic rings. The number of carbonyl (C=O) groups is 1. The molecular formula is C22H22FN7OS. The molecule has 32 heavy (non-hydrogen) atoms. The molecule has 0 radical (unpaired) electrons. The minimum atomic E-state index is -0.829. The number of alkyl halides is 1. The van der Waals surface area contributed by atoms with Crippen LogP contribution in [0.2, 0.25) is 0 Å². The van der Waals surface area contributed by atoms with Crippen LogP contribution in [0.25, 0.3) is 10.7 Å². The van der Waals surface area contributed by atoms with E-state index in [1.165, 1.54) is 11.3 Å². The van der Waals surface area contributed by atoms with Crippen molar-refractivity contribution >= 4 is 34.4 Å². The van der Waals surface area contributed by atoms with Crippen LogP contribution in [-0.4, -0.2) is 40.1 Å². The Labute approximate surface area is 188 Å². The Bertz CT molecular complexity index is 1170. The van der Waals surface area contributed by atoms with Crippen molar-refractivity contribution in [1.29, 1.82) is 5.26 Å². The zero-order valence-corrected chi connectivity index (χ0v) is 18.3. The van der Waals surface area contributed by atoms with Crippen molar-refractivity contribution in [2.75, 3.05) is 29.0 Å². The molecular weight excluding hydrogens is 429 g/mol. The maximum atomic E-state index is 13.3. The van der Waals surface area contributed by atoms with Gasteiger partial charge >= 0.3 is 0 Å². The van der Waals surface area contributed by atoms with E-state index in [0.29, 0.717) is 76.4 Å². The number of nitriles is 1. The highest BCUT2D eigenvalue weighted by atomic mass is 32.1. The summed E-state index contributed by atoms with van der Waals surface area (Å²) in [4.78, 5) is 28.6. The van der Waals surface area contributed by atoms with Gasteiger partial charge in [-0.1, -0.05) is 13.0 Å². The van der Waals surface area contributed by atoms with Crippen LogP contribution in [0.5, 0.6) is 0 Å². The first-order chi connectivity index (χ1) is 15.5. The van der Waals surface area contributed by atoms with E-state index in [4.69, 9.17) is 5.73 Å². The standard InChI is InChI=1S/C22H22FN7OS/c1-2-13(23)6-8-26-19-12-27-17(11-28-19)21-29-16-7-9-30(22(31)20(16)32-21)18-5-3-4-15(25)14(18)10-24/h3-5,11-13H,2,6-9,25H2,1H3,(H,26,28). The van der Waals surface area contributed by atoms with Crippen LogP contribution < -0.4 is 16.0 Å². The van der Waals surface area contributed by atoms with Gasteiger partial charge in [0.2, 0.25) is 0 Å². The monoisotopic (exact) mass is 451 g/mol. The second-order valence-electron chi connectivity index (χ2n) is 7.36. The zero-order valence-electron chi connectivity index (χ0n) is 17.5. The third-order valence-electron chi connectivity index (χ3n) is 5.26. The molecule has 0 spiro atoms. The molecule has 0 saturated heterocycles. The van der Waals surface area contributed by atoms with E-state index in [1.54, 1.807) is 35.5 Å². The highest BCUT2D eigenvalue weighted by molar-refractivity contribution is 7.17. The molecule has 0 fully saturated rings. The van der Waals surface area contributed by atoms with Crippen molar-refractivity contribution in [3.05, 3.63) is 46.7 Å². The number of fused-ring (bicyclic) bond motifs is 1. The molecule has 2 aromatic heterocycles. The van der Waals surface area contributed by atoms with Crippen LogP contribution in [0, 0.1) is 11.3 Å². The van der Waals surface area contributed by atoms with Gasteiger partial charge in [0.1, 0.15) is 33.6 Å². The van der Waals surface area contributed by atoms with Crippen LogP contribution in [-0.2, 0) is 6.42 Å². The molecule has 0 aliphatic carbocycles. The number of amides is 1. The van der Waals surface area contributed by atoms with Crippen LogP contribution in [0.4, 0.5) is 21.6 Å². The molecule has 8 nitrogen and oxygen atoms in total. The Kier molecular flexibility index (Phi) is 6.28.